The molecule has 0 aliphatic rings. The Morgan fingerprint density at radius 2 is 1.85 bits per heavy atom. The molecular formula is C15H12N2O3. The Balaban J connectivity index is 1.93. The molecule has 5 heteroatoms. The highest BCUT2D eigenvalue weighted by atomic mass is 16.5. The average molecular weight is 268 g/mol. The van der Waals surface area contributed by atoms with Crippen molar-refractivity contribution in [3.8, 4) is 5.75 Å². The van der Waals surface area contributed by atoms with Crippen molar-refractivity contribution in [3.05, 3.63) is 53.7 Å². The number of carbonyl (C=O) groups excluding carboxylic acids is 1. The van der Waals surface area contributed by atoms with Crippen molar-refractivity contribution in [1.29, 1.82) is 0 Å². The highest BCUT2D eigenvalue weighted by Gasteiger charge is 2.12. The van der Waals surface area contributed by atoms with Gasteiger partial charge in [-0.3, -0.25) is 0 Å². The standard InChI is InChI=1S/C15H12N2O3/c1-9-10(2)17-13-8-11(5-6-12(13)16-9)20-15(18)14-4-3-7-19-14/h3-8H,1-2H3. The first-order chi connectivity index (χ1) is 9.63. The van der Waals surface area contributed by atoms with Crippen LogP contribution in [0.1, 0.15) is 21.9 Å². The molecule has 1 aromatic carbocycles. The van der Waals surface area contributed by atoms with E-state index in [4.69, 9.17) is 9.15 Å². The molecule has 0 amide bonds. The van der Waals surface area contributed by atoms with Gasteiger partial charge in [-0.05, 0) is 38.1 Å². The van der Waals surface area contributed by atoms with Crippen molar-refractivity contribution in [2.45, 2.75) is 13.8 Å². The average Bonchev–Trinajstić information content (AvgIpc) is 2.94. The van der Waals surface area contributed by atoms with E-state index in [1.807, 2.05) is 13.8 Å². The number of benzene rings is 1. The molecule has 0 spiro atoms. The van der Waals surface area contributed by atoms with Crippen LogP contribution < -0.4 is 4.74 Å². The second kappa shape index (κ2) is 4.77. The summed E-state index contributed by atoms with van der Waals surface area (Å²) < 4.78 is 10.2. The summed E-state index contributed by atoms with van der Waals surface area (Å²) in [5.41, 5.74) is 3.20. The molecular weight excluding hydrogens is 256 g/mol. The predicted molar refractivity (Wildman–Crippen MR) is 72.7 cm³/mol. The zero-order chi connectivity index (χ0) is 14.1. The second-order valence-electron chi connectivity index (χ2n) is 4.41. The molecule has 3 aromatic rings. The number of fused-ring (bicyclic) bond motifs is 1. The lowest BCUT2D eigenvalue weighted by Crippen LogP contribution is -2.07. The molecule has 0 fully saturated rings. The minimum absolute atomic E-state index is 0.163. The number of carbonyl (C=O) groups is 1. The molecule has 5 nitrogen and oxygen atoms in total. The highest BCUT2D eigenvalue weighted by molar-refractivity contribution is 5.88. The van der Waals surface area contributed by atoms with Crippen LogP contribution in [0.2, 0.25) is 0 Å². The number of rotatable bonds is 2. The zero-order valence-corrected chi connectivity index (χ0v) is 11.1. The van der Waals surface area contributed by atoms with Gasteiger partial charge in [0.05, 0.1) is 28.7 Å². The van der Waals surface area contributed by atoms with E-state index < -0.39 is 5.97 Å². The first kappa shape index (κ1) is 12.3. The summed E-state index contributed by atoms with van der Waals surface area (Å²) in [6, 6.07) is 8.34. The van der Waals surface area contributed by atoms with E-state index in [2.05, 4.69) is 9.97 Å². The van der Waals surface area contributed by atoms with E-state index in [0.717, 1.165) is 16.9 Å². The van der Waals surface area contributed by atoms with Crippen LogP contribution in [0.15, 0.2) is 41.0 Å². The third-order valence-corrected chi connectivity index (χ3v) is 2.98. The van der Waals surface area contributed by atoms with Crippen LogP contribution >= 0.6 is 0 Å². The van der Waals surface area contributed by atoms with Crippen LogP contribution in [-0.2, 0) is 0 Å². The predicted octanol–water partition coefficient (Wildman–Crippen LogP) is 3.06. The van der Waals surface area contributed by atoms with Crippen LogP contribution in [0.25, 0.3) is 11.0 Å². The molecule has 0 unspecified atom stereocenters. The molecule has 0 aliphatic carbocycles. The number of aryl methyl sites for hydroxylation is 2. The van der Waals surface area contributed by atoms with E-state index in [-0.39, 0.29) is 5.76 Å². The van der Waals surface area contributed by atoms with Gasteiger partial charge in [-0.15, -0.1) is 0 Å². The number of ether oxygens (including phenoxy) is 1. The molecule has 2 heterocycles. The SMILES string of the molecule is Cc1nc2ccc(OC(=O)c3ccco3)cc2nc1C. The smallest absolute Gasteiger partial charge is 0.379 e. The first-order valence-electron chi connectivity index (χ1n) is 6.14. The summed E-state index contributed by atoms with van der Waals surface area (Å²) in [4.78, 5) is 20.6. The Morgan fingerprint density at radius 3 is 2.55 bits per heavy atom. The summed E-state index contributed by atoms with van der Waals surface area (Å²) in [5, 5.41) is 0. The number of hydrogen-bond acceptors (Lipinski definition) is 5. The fraction of sp³-hybridized carbons (Fsp3) is 0.133. The lowest BCUT2D eigenvalue weighted by molar-refractivity contribution is 0.0701. The van der Waals surface area contributed by atoms with Crippen LogP contribution in [0.4, 0.5) is 0 Å². The van der Waals surface area contributed by atoms with Gasteiger partial charge in [0, 0.05) is 6.07 Å². The molecule has 2 aromatic heterocycles. The molecule has 20 heavy (non-hydrogen) atoms. The fourth-order valence-electron chi connectivity index (χ4n) is 1.83. The molecule has 100 valence electrons. The number of esters is 1. The fourth-order valence-corrected chi connectivity index (χ4v) is 1.83. The monoisotopic (exact) mass is 268 g/mol. The highest BCUT2D eigenvalue weighted by Crippen LogP contribution is 2.20. The Labute approximate surface area is 115 Å². The van der Waals surface area contributed by atoms with Gasteiger partial charge in [-0.1, -0.05) is 0 Å². The van der Waals surface area contributed by atoms with Gasteiger partial charge in [-0.25, -0.2) is 14.8 Å². The molecule has 0 saturated heterocycles. The van der Waals surface area contributed by atoms with E-state index >= 15 is 0 Å². The van der Waals surface area contributed by atoms with E-state index in [1.165, 1.54) is 6.26 Å². The van der Waals surface area contributed by atoms with Crippen molar-refractivity contribution in [3.63, 3.8) is 0 Å². The van der Waals surface area contributed by atoms with E-state index in [1.54, 1.807) is 30.3 Å². The van der Waals surface area contributed by atoms with Crippen LogP contribution in [0, 0.1) is 13.8 Å². The normalized spacial score (nSPS) is 10.7. The second-order valence-corrected chi connectivity index (χ2v) is 4.41. The Kier molecular flexibility index (Phi) is 2.95. The van der Waals surface area contributed by atoms with Crippen LogP contribution in [-0.4, -0.2) is 15.9 Å². The van der Waals surface area contributed by atoms with Gasteiger partial charge in [0.2, 0.25) is 5.76 Å². The summed E-state index contributed by atoms with van der Waals surface area (Å²) in [6.07, 6.45) is 1.43. The summed E-state index contributed by atoms with van der Waals surface area (Å²) in [5.74, 6) is 0.0406. The number of hydrogen-bond donors (Lipinski definition) is 0. The lowest BCUT2D eigenvalue weighted by Gasteiger charge is -2.05. The summed E-state index contributed by atoms with van der Waals surface area (Å²) >= 11 is 0. The number of aromatic nitrogens is 2. The maximum Gasteiger partial charge on any atom is 0.379 e. The van der Waals surface area contributed by atoms with Gasteiger partial charge in [0.15, 0.2) is 0 Å². The topological polar surface area (TPSA) is 65.2 Å². The number of nitrogens with zero attached hydrogens (tertiary/aromatic N) is 2. The minimum atomic E-state index is -0.536. The number of furan rings is 1. The van der Waals surface area contributed by atoms with Crippen molar-refractivity contribution in [1.82, 2.24) is 9.97 Å². The van der Waals surface area contributed by atoms with Crippen molar-refractivity contribution in [2.24, 2.45) is 0 Å². The third-order valence-electron chi connectivity index (χ3n) is 2.98. The van der Waals surface area contributed by atoms with Gasteiger partial charge in [0.25, 0.3) is 0 Å². The Bertz CT molecular complexity index is 779. The molecule has 0 radical (unpaired) electrons. The van der Waals surface area contributed by atoms with Gasteiger partial charge >= 0.3 is 5.97 Å². The Hall–Kier alpha value is -2.69. The molecule has 0 bridgehead atoms. The molecule has 0 N–H and O–H groups in total. The van der Waals surface area contributed by atoms with E-state index in [9.17, 15) is 4.79 Å². The van der Waals surface area contributed by atoms with E-state index in [0.29, 0.717) is 11.3 Å². The summed E-state index contributed by atoms with van der Waals surface area (Å²) in [7, 11) is 0. The first-order valence-corrected chi connectivity index (χ1v) is 6.14. The van der Waals surface area contributed by atoms with Crippen LogP contribution in [0.5, 0.6) is 5.75 Å². The quantitative estimate of drug-likeness (QED) is 0.528. The van der Waals surface area contributed by atoms with Gasteiger partial charge < -0.3 is 9.15 Å². The molecule has 0 saturated carbocycles. The zero-order valence-electron chi connectivity index (χ0n) is 11.1. The maximum atomic E-state index is 11.8. The lowest BCUT2D eigenvalue weighted by atomic mass is 10.2. The molecule has 3 rings (SSSR count). The van der Waals surface area contributed by atoms with Crippen molar-refractivity contribution >= 4 is 17.0 Å². The molecule has 0 atom stereocenters. The van der Waals surface area contributed by atoms with Gasteiger partial charge in [-0.2, -0.15) is 0 Å². The third kappa shape index (κ3) is 2.25. The van der Waals surface area contributed by atoms with Gasteiger partial charge in [0.1, 0.15) is 5.75 Å². The maximum absolute atomic E-state index is 11.8. The van der Waals surface area contributed by atoms with Crippen molar-refractivity contribution in [2.75, 3.05) is 0 Å². The minimum Gasteiger partial charge on any atom is -0.457 e. The summed E-state index contributed by atoms with van der Waals surface area (Å²) in [6.45, 7) is 3.80. The van der Waals surface area contributed by atoms with Crippen LogP contribution in [0.3, 0.4) is 0 Å². The van der Waals surface area contributed by atoms with Crippen molar-refractivity contribution < 1.29 is 13.9 Å². The largest absolute Gasteiger partial charge is 0.457 e. The Morgan fingerprint density at radius 1 is 1.10 bits per heavy atom. The molecule has 0 aliphatic heterocycles.